The van der Waals surface area contributed by atoms with E-state index in [1.54, 1.807) is 0 Å². The Morgan fingerprint density at radius 1 is 1.10 bits per heavy atom. The molecular formula is C26H35N3O2. The highest BCUT2D eigenvalue weighted by Gasteiger charge is 2.23. The number of ether oxygens (including phenoxy) is 1. The van der Waals surface area contributed by atoms with Crippen molar-refractivity contribution in [3.63, 3.8) is 0 Å². The molecule has 0 bridgehead atoms. The Balaban J connectivity index is 1.36. The fourth-order valence-corrected chi connectivity index (χ4v) is 4.67. The number of likely N-dealkylation sites (N-methyl/N-ethyl adjacent to an activating group) is 1. The van der Waals surface area contributed by atoms with Crippen molar-refractivity contribution in [1.82, 2.24) is 10.6 Å². The fourth-order valence-electron chi connectivity index (χ4n) is 4.67. The first kappa shape index (κ1) is 21.7. The first-order valence-electron chi connectivity index (χ1n) is 11.8. The van der Waals surface area contributed by atoms with Crippen LogP contribution in [0.4, 0.5) is 5.69 Å². The van der Waals surface area contributed by atoms with Gasteiger partial charge in [-0.3, -0.25) is 4.79 Å². The first-order chi connectivity index (χ1) is 15.2. The third kappa shape index (κ3) is 5.59. The van der Waals surface area contributed by atoms with Crippen LogP contribution in [0.1, 0.15) is 54.1 Å². The van der Waals surface area contributed by atoms with Crippen molar-refractivity contribution in [3.8, 4) is 5.75 Å². The highest BCUT2D eigenvalue weighted by molar-refractivity contribution is 5.94. The maximum atomic E-state index is 12.9. The molecule has 1 atom stereocenters. The number of amides is 1. The van der Waals surface area contributed by atoms with Crippen LogP contribution in [-0.2, 0) is 12.8 Å². The Morgan fingerprint density at radius 2 is 1.90 bits per heavy atom. The number of carbonyl (C=O) groups excluding carboxylic acids is 1. The van der Waals surface area contributed by atoms with Crippen LogP contribution < -0.4 is 20.3 Å². The van der Waals surface area contributed by atoms with Gasteiger partial charge in [0.25, 0.3) is 5.91 Å². The minimum Gasteiger partial charge on any atom is -0.492 e. The number of nitrogens with zero attached hydrogens (tertiary/aromatic N) is 1. The molecule has 1 saturated heterocycles. The van der Waals surface area contributed by atoms with Gasteiger partial charge in [-0.25, -0.2) is 0 Å². The number of benzene rings is 2. The Morgan fingerprint density at radius 3 is 2.68 bits per heavy atom. The minimum absolute atomic E-state index is 0.0178. The van der Waals surface area contributed by atoms with Crippen molar-refractivity contribution in [2.24, 2.45) is 0 Å². The summed E-state index contributed by atoms with van der Waals surface area (Å²) in [6, 6.07) is 14.6. The van der Waals surface area contributed by atoms with E-state index in [0.717, 1.165) is 56.8 Å². The summed E-state index contributed by atoms with van der Waals surface area (Å²) in [7, 11) is 0. The predicted molar refractivity (Wildman–Crippen MR) is 126 cm³/mol. The summed E-state index contributed by atoms with van der Waals surface area (Å²) in [6.07, 6.45) is 6.59. The molecule has 0 unspecified atom stereocenters. The number of piperidine rings is 1. The lowest BCUT2D eigenvalue weighted by Crippen LogP contribution is -2.39. The molecule has 166 valence electrons. The van der Waals surface area contributed by atoms with E-state index in [1.807, 2.05) is 18.2 Å². The molecule has 0 radical (unpaired) electrons. The SMILES string of the molecule is CCNCCOc1cccc2c1C[C@H](NC(=O)c1ccc(N3CCCCC3)cc1)CC2. The molecular weight excluding hydrogens is 386 g/mol. The molecule has 5 heteroatoms. The molecule has 31 heavy (non-hydrogen) atoms. The summed E-state index contributed by atoms with van der Waals surface area (Å²) < 4.78 is 6.04. The van der Waals surface area contributed by atoms with Crippen molar-refractivity contribution >= 4 is 11.6 Å². The highest BCUT2D eigenvalue weighted by atomic mass is 16.5. The van der Waals surface area contributed by atoms with Crippen LogP contribution in [0.15, 0.2) is 42.5 Å². The summed E-state index contributed by atoms with van der Waals surface area (Å²) in [4.78, 5) is 15.3. The quantitative estimate of drug-likeness (QED) is 0.634. The molecule has 1 aliphatic heterocycles. The molecule has 4 rings (SSSR count). The Labute approximate surface area is 186 Å². The van der Waals surface area contributed by atoms with Gasteiger partial charge in [0.2, 0.25) is 0 Å². The van der Waals surface area contributed by atoms with E-state index in [0.29, 0.717) is 6.61 Å². The number of hydrogen-bond donors (Lipinski definition) is 2. The Hall–Kier alpha value is -2.53. The van der Waals surface area contributed by atoms with E-state index >= 15 is 0 Å². The minimum atomic E-state index is 0.0178. The highest BCUT2D eigenvalue weighted by Crippen LogP contribution is 2.30. The second-order valence-electron chi connectivity index (χ2n) is 8.60. The Bertz CT molecular complexity index is 859. The van der Waals surface area contributed by atoms with E-state index in [2.05, 4.69) is 46.7 Å². The lowest BCUT2D eigenvalue weighted by molar-refractivity contribution is 0.0933. The second-order valence-corrected chi connectivity index (χ2v) is 8.60. The summed E-state index contributed by atoms with van der Waals surface area (Å²) in [6.45, 7) is 6.78. The third-order valence-electron chi connectivity index (χ3n) is 6.42. The summed E-state index contributed by atoms with van der Waals surface area (Å²) in [5, 5.41) is 6.55. The standard InChI is InChI=1S/C26H35N3O2/c1-2-27-15-18-31-25-8-6-7-20-9-12-22(19-24(20)25)28-26(30)21-10-13-23(14-11-21)29-16-4-3-5-17-29/h6-8,10-11,13-14,22,27H,2-5,9,12,15-19H2,1H3,(H,28,30)/t22-/m1/s1. The van der Waals surface area contributed by atoms with Gasteiger partial charge in [-0.05, 0) is 86.5 Å². The van der Waals surface area contributed by atoms with Gasteiger partial charge in [-0.15, -0.1) is 0 Å². The number of anilines is 1. The maximum Gasteiger partial charge on any atom is 0.251 e. The average molecular weight is 422 g/mol. The van der Waals surface area contributed by atoms with Gasteiger partial charge in [-0.2, -0.15) is 0 Å². The predicted octanol–water partition coefficient (Wildman–Crippen LogP) is 3.95. The second kappa shape index (κ2) is 10.7. The molecule has 5 nitrogen and oxygen atoms in total. The van der Waals surface area contributed by atoms with Crippen LogP contribution in [0, 0.1) is 0 Å². The topological polar surface area (TPSA) is 53.6 Å². The molecule has 0 spiro atoms. The largest absolute Gasteiger partial charge is 0.492 e. The zero-order valence-electron chi connectivity index (χ0n) is 18.7. The van der Waals surface area contributed by atoms with Gasteiger partial charge in [0.05, 0.1) is 0 Å². The van der Waals surface area contributed by atoms with Gasteiger partial charge in [0.1, 0.15) is 12.4 Å². The molecule has 2 aromatic rings. The molecule has 2 aromatic carbocycles. The summed E-state index contributed by atoms with van der Waals surface area (Å²) in [5.41, 5.74) is 4.55. The molecule has 2 N–H and O–H groups in total. The number of carbonyl (C=O) groups is 1. The number of hydrogen-bond acceptors (Lipinski definition) is 4. The Kier molecular flexibility index (Phi) is 7.47. The van der Waals surface area contributed by atoms with E-state index < -0.39 is 0 Å². The average Bonchev–Trinajstić information content (AvgIpc) is 2.82. The molecule has 0 saturated carbocycles. The molecule has 1 amide bonds. The lowest BCUT2D eigenvalue weighted by Gasteiger charge is -2.29. The van der Waals surface area contributed by atoms with E-state index in [4.69, 9.17) is 4.74 Å². The van der Waals surface area contributed by atoms with Crippen LogP contribution >= 0.6 is 0 Å². The van der Waals surface area contributed by atoms with Gasteiger partial charge in [0, 0.05) is 36.9 Å². The van der Waals surface area contributed by atoms with E-state index in [9.17, 15) is 4.79 Å². The lowest BCUT2D eigenvalue weighted by atomic mass is 9.87. The van der Waals surface area contributed by atoms with E-state index in [-0.39, 0.29) is 11.9 Å². The molecule has 1 fully saturated rings. The third-order valence-corrected chi connectivity index (χ3v) is 6.42. The molecule has 1 aliphatic carbocycles. The maximum absolute atomic E-state index is 12.9. The summed E-state index contributed by atoms with van der Waals surface area (Å²) >= 11 is 0. The number of rotatable bonds is 8. The smallest absolute Gasteiger partial charge is 0.251 e. The fraction of sp³-hybridized carbons (Fsp3) is 0.500. The van der Waals surface area contributed by atoms with Crippen molar-refractivity contribution in [2.45, 2.75) is 51.5 Å². The van der Waals surface area contributed by atoms with Crippen LogP contribution in [0.5, 0.6) is 5.75 Å². The van der Waals surface area contributed by atoms with E-state index in [1.165, 1.54) is 36.1 Å². The molecule has 1 heterocycles. The van der Waals surface area contributed by atoms with Crippen LogP contribution in [-0.4, -0.2) is 44.7 Å². The van der Waals surface area contributed by atoms with Crippen LogP contribution in [0.25, 0.3) is 0 Å². The zero-order chi connectivity index (χ0) is 21.5. The van der Waals surface area contributed by atoms with Crippen molar-refractivity contribution < 1.29 is 9.53 Å². The van der Waals surface area contributed by atoms with Crippen molar-refractivity contribution in [2.75, 3.05) is 37.7 Å². The monoisotopic (exact) mass is 421 g/mol. The van der Waals surface area contributed by atoms with Crippen LogP contribution in [0.3, 0.4) is 0 Å². The normalized spacial score (nSPS) is 18.4. The van der Waals surface area contributed by atoms with Gasteiger partial charge in [0.15, 0.2) is 0 Å². The molecule has 0 aromatic heterocycles. The van der Waals surface area contributed by atoms with Crippen molar-refractivity contribution in [1.29, 1.82) is 0 Å². The first-order valence-corrected chi connectivity index (χ1v) is 11.8. The van der Waals surface area contributed by atoms with Crippen molar-refractivity contribution in [3.05, 3.63) is 59.2 Å². The number of nitrogens with one attached hydrogen (secondary N) is 2. The van der Waals surface area contributed by atoms with Gasteiger partial charge >= 0.3 is 0 Å². The number of fused-ring (bicyclic) bond motifs is 1. The zero-order valence-corrected chi connectivity index (χ0v) is 18.7. The van der Waals surface area contributed by atoms with Crippen LogP contribution in [0.2, 0.25) is 0 Å². The van der Waals surface area contributed by atoms with Gasteiger partial charge in [-0.1, -0.05) is 19.1 Å². The summed E-state index contributed by atoms with van der Waals surface area (Å²) in [5.74, 6) is 0.976. The molecule has 2 aliphatic rings. The number of aryl methyl sites for hydroxylation is 1. The van der Waals surface area contributed by atoms with Gasteiger partial charge < -0.3 is 20.3 Å².